The first-order valence-corrected chi connectivity index (χ1v) is 11.4. The summed E-state index contributed by atoms with van der Waals surface area (Å²) in [5.74, 6) is 0.806. The standard InChI is InChI=1S/C24H28N6O3.CH2O2/c1-16-12-21(27-23-6-4-5-9-25-23)20-13-18(7-8-22(20)30(16)17(2)31)19-14-26-29(15-19)11-10-28(3)24(32)33;2-1-3/h4-9,13-16,21H,10-12H2,1-3H3,(H,25,27)(H,32,33);1H,(H,2,3)/t16-,21+;/m0./s1. The number of likely N-dealkylation sites (N-methyl/N-ethyl adjacent to an activating group) is 1. The van der Waals surface area contributed by atoms with Crippen LogP contribution in [0.2, 0.25) is 0 Å². The largest absolute Gasteiger partial charge is 0.483 e. The number of carboxylic acid groups (broad SMARTS) is 2. The first-order chi connectivity index (χ1) is 17.2. The molecular weight excluding hydrogens is 464 g/mol. The van der Waals surface area contributed by atoms with E-state index in [0.29, 0.717) is 13.1 Å². The number of hydrogen-bond donors (Lipinski definition) is 3. The van der Waals surface area contributed by atoms with Crippen LogP contribution in [0, 0.1) is 0 Å². The van der Waals surface area contributed by atoms with E-state index in [1.807, 2.05) is 41.4 Å². The minimum absolute atomic E-state index is 0.000268. The predicted molar refractivity (Wildman–Crippen MR) is 135 cm³/mol. The van der Waals surface area contributed by atoms with E-state index in [4.69, 9.17) is 15.0 Å². The summed E-state index contributed by atoms with van der Waals surface area (Å²) >= 11 is 0. The van der Waals surface area contributed by atoms with Gasteiger partial charge in [0.25, 0.3) is 6.47 Å². The second-order valence-corrected chi connectivity index (χ2v) is 8.46. The number of nitrogens with one attached hydrogen (secondary N) is 1. The Morgan fingerprint density at radius 2 is 2.00 bits per heavy atom. The van der Waals surface area contributed by atoms with Crippen molar-refractivity contribution in [1.29, 1.82) is 0 Å². The minimum atomic E-state index is -0.965. The molecule has 11 heteroatoms. The van der Waals surface area contributed by atoms with Crippen LogP contribution in [0.3, 0.4) is 0 Å². The lowest BCUT2D eigenvalue weighted by Crippen LogP contribution is -2.43. The van der Waals surface area contributed by atoms with Crippen molar-refractivity contribution in [2.24, 2.45) is 0 Å². The Hall–Kier alpha value is -4.41. The SMILES string of the molecule is CC(=O)N1c2ccc(-c3cnn(CCN(C)C(=O)O)c3)cc2[C@H](Nc2ccccn2)C[C@@H]1C.O=CO. The smallest absolute Gasteiger partial charge is 0.407 e. The van der Waals surface area contributed by atoms with Crippen molar-refractivity contribution < 1.29 is 24.6 Å². The normalized spacial score (nSPS) is 16.2. The van der Waals surface area contributed by atoms with Crippen molar-refractivity contribution in [2.75, 3.05) is 23.8 Å². The van der Waals surface area contributed by atoms with Crippen LogP contribution in [0.1, 0.15) is 31.9 Å². The van der Waals surface area contributed by atoms with Gasteiger partial charge in [-0.25, -0.2) is 9.78 Å². The van der Waals surface area contributed by atoms with Crippen LogP contribution in [0.4, 0.5) is 16.3 Å². The van der Waals surface area contributed by atoms with Gasteiger partial charge in [-0.1, -0.05) is 12.1 Å². The lowest BCUT2D eigenvalue weighted by Gasteiger charge is -2.39. The quantitative estimate of drug-likeness (QED) is 0.442. The minimum Gasteiger partial charge on any atom is -0.483 e. The van der Waals surface area contributed by atoms with Crippen LogP contribution in [0.5, 0.6) is 0 Å². The highest BCUT2D eigenvalue weighted by Gasteiger charge is 2.32. The second kappa shape index (κ2) is 11.8. The first-order valence-electron chi connectivity index (χ1n) is 11.4. The van der Waals surface area contributed by atoms with Crippen molar-refractivity contribution in [2.45, 2.75) is 38.9 Å². The highest BCUT2D eigenvalue weighted by molar-refractivity contribution is 5.94. The van der Waals surface area contributed by atoms with Gasteiger partial charge >= 0.3 is 6.09 Å². The summed E-state index contributed by atoms with van der Waals surface area (Å²) in [6.45, 7) is 4.22. The summed E-state index contributed by atoms with van der Waals surface area (Å²) in [5.41, 5.74) is 3.84. The number of benzene rings is 1. The van der Waals surface area contributed by atoms with Crippen molar-refractivity contribution in [3.05, 3.63) is 60.6 Å². The lowest BCUT2D eigenvalue weighted by molar-refractivity contribution is -0.123. The number of nitrogens with zero attached hydrogens (tertiary/aromatic N) is 5. The van der Waals surface area contributed by atoms with E-state index in [0.717, 1.165) is 34.6 Å². The molecule has 0 saturated carbocycles. The van der Waals surface area contributed by atoms with E-state index in [-0.39, 0.29) is 24.5 Å². The Labute approximate surface area is 209 Å². The topological polar surface area (TPSA) is 141 Å². The molecule has 0 saturated heterocycles. The maximum atomic E-state index is 12.4. The fourth-order valence-electron chi connectivity index (χ4n) is 4.27. The molecule has 2 aromatic heterocycles. The molecule has 2 amide bonds. The number of fused-ring (bicyclic) bond motifs is 1. The number of carbonyl (C=O) groups excluding carboxylic acids is 1. The zero-order valence-electron chi connectivity index (χ0n) is 20.4. The van der Waals surface area contributed by atoms with Gasteiger partial charge in [0, 0.05) is 50.2 Å². The zero-order valence-corrected chi connectivity index (χ0v) is 20.4. The molecule has 11 nitrogen and oxygen atoms in total. The lowest BCUT2D eigenvalue weighted by atomic mass is 9.89. The van der Waals surface area contributed by atoms with E-state index in [1.165, 1.54) is 11.9 Å². The second-order valence-electron chi connectivity index (χ2n) is 8.46. The maximum Gasteiger partial charge on any atom is 0.407 e. The third-order valence-electron chi connectivity index (χ3n) is 5.96. The predicted octanol–water partition coefficient (Wildman–Crippen LogP) is 3.55. The van der Waals surface area contributed by atoms with E-state index >= 15 is 0 Å². The number of anilines is 2. The van der Waals surface area contributed by atoms with Gasteiger partial charge < -0.3 is 25.3 Å². The highest BCUT2D eigenvalue weighted by Crippen LogP contribution is 2.40. The molecule has 1 aromatic carbocycles. The molecule has 190 valence electrons. The number of amides is 2. The third kappa shape index (κ3) is 6.17. The number of carbonyl (C=O) groups is 3. The van der Waals surface area contributed by atoms with Crippen molar-refractivity contribution in [3.63, 3.8) is 0 Å². The van der Waals surface area contributed by atoms with Crippen LogP contribution in [0.25, 0.3) is 11.1 Å². The summed E-state index contributed by atoms with van der Waals surface area (Å²) in [7, 11) is 1.53. The third-order valence-corrected chi connectivity index (χ3v) is 5.96. The Kier molecular flexibility index (Phi) is 8.61. The Morgan fingerprint density at radius 3 is 2.64 bits per heavy atom. The molecule has 0 bridgehead atoms. The molecule has 0 fully saturated rings. The molecule has 0 aliphatic carbocycles. The number of rotatable bonds is 6. The van der Waals surface area contributed by atoms with Gasteiger partial charge in [-0.3, -0.25) is 14.3 Å². The molecule has 3 heterocycles. The molecule has 0 radical (unpaired) electrons. The molecule has 0 spiro atoms. The van der Waals surface area contributed by atoms with Gasteiger partial charge in [0.05, 0.1) is 18.8 Å². The van der Waals surface area contributed by atoms with Crippen molar-refractivity contribution in [3.8, 4) is 11.1 Å². The highest BCUT2D eigenvalue weighted by atomic mass is 16.4. The molecule has 4 rings (SSSR count). The van der Waals surface area contributed by atoms with E-state index in [1.54, 1.807) is 24.0 Å². The number of pyridine rings is 1. The first kappa shape index (κ1) is 26.2. The summed E-state index contributed by atoms with van der Waals surface area (Å²) in [4.78, 5) is 39.2. The average Bonchev–Trinajstić information content (AvgIpc) is 3.32. The van der Waals surface area contributed by atoms with Crippen LogP contribution in [-0.2, 0) is 16.1 Å². The molecule has 1 aliphatic rings. The van der Waals surface area contributed by atoms with Gasteiger partial charge in [0.15, 0.2) is 0 Å². The zero-order chi connectivity index (χ0) is 26.2. The Balaban J connectivity index is 0.00000115. The number of aromatic nitrogens is 3. The van der Waals surface area contributed by atoms with Crippen LogP contribution in [-0.4, -0.2) is 68.0 Å². The molecule has 3 N–H and O–H groups in total. The molecule has 1 aliphatic heterocycles. The molecule has 3 aromatic rings. The van der Waals surface area contributed by atoms with E-state index < -0.39 is 6.09 Å². The summed E-state index contributed by atoms with van der Waals surface area (Å²) in [6.07, 6.45) is 5.23. The van der Waals surface area contributed by atoms with Gasteiger partial charge in [0.1, 0.15) is 5.82 Å². The van der Waals surface area contributed by atoms with Crippen LogP contribution in [0.15, 0.2) is 55.0 Å². The van der Waals surface area contributed by atoms with E-state index in [9.17, 15) is 9.59 Å². The van der Waals surface area contributed by atoms with Gasteiger partial charge in [-0.05, 0) is 48.7 Å². The van der Waals surface area contributed by atoms with Gasteiger partial charge in [-0.2, -0.15) is 5.10 Å². The molecule has 0 unspecified atom stereocenters. The molecule has 36 heavy (non-hydrogen) atoms. The Morgan fingerprint density at radius 1 is 1.25 bits per heavy atom. The van der Waals surface area contributed by atoms with Crippen LogP contribution < -0.4 is 10.2 Å². The van der Waals surface area contributed by atoms with Gasteiger partial charge in [-0.15, -0.1) is 0 Å². The summed E-state index contributed by atoms with van der Waals surface area (Å²) in [5, 5.41) is 23.8. The molecule has 2 atom stereocenters. The summed E-state index contributed by atoms with van der Waals surface area (Å²) in [6, 6.07) is 11.9. The molecular formula is C25H30N6O5. The Bertz CT molecular complexity index is 1200. The van der Waals surface area contributed by atoms with Crippen LogP contribution >= 0.6 is 0 Å². The fourth-order valence-corrected chi connectivity index (χ4v) is 4.27. The summed E-state index contributed by atoms with van der Waals surface area (Å²) < 4.78 is 1.74. The average molecular weight is 495 g/mol. The van der Waals surface area contributed by atoms with Gasteiger partial charge in [0.2, 0.25) is 5.91 Å². The maximum absolute atomic E-state index is 12.4. The van der Waals surface area contributed by atoms with E-state index in [2.05, 4.69) is 28.4 Å². The van der Waals surface area contributed by atoms with Crippen molar-refractivity contribution in [1.82, 2.24) is 19.7 Å². The monoisotopic (exact) mass is 494 g/mol. The van der Waals surface area contributed by atoms with Crippen molar-refractivity contribution >= 4 is 30.0 Å². The fraction of sp³-hybridized carbons (Fsp3) is 0.320. The number of hydrogen-bond acceptors (Lipinski definition) is 6.